The van der Waals surface area contributed by atoms with E-state index in [1.807, 2.05) is 37.4 Å². The second-order valence-corrected chi connectivity index (χ2v) is 4.78. The number of nitrogens with zero attached hydrogens (tertiary/aromatic N) is 2. The average molecular weight is 283 g/mol. The van der Waals surface area contributed by atoms with Crippen LogP contribution < -0.4 is 4.74 Å². The van der Waals surface area contributed by atoms with Gasteiger partial charge in [-0.15, -0.1) is 0 Å². The second kappa shape index (κ2) is 5.93. The van der Waals surface area contributed by atoms with Crippen molar-refractivity contribution in [3.8, 4) is 16.9 Å². The molecular formula is C16H17N3O2. The van der Waals surface area contributed by atoms with Gasteiger partial charge in [0.25, 0.3) is 0 Å². The highest BCUT2D eigenvalue weighted by Crippen LogP contribution is 2.24. The van der Waals surface area contributed by atoms with E-state index in [4.69, 9.17) is 9.47 Å². The molecule has 0 fully saturated rings. The van der Waals surface area contributed by atoms with Crippen molar-refractivity contribution >= 4 is 11.2 Å². The Morgan fingerprint density at radius 3 is 2.67 bits per heavy atom. The molecule has 0 amide bonds. The summed E-state index contributed by atoms with van der Waals surface area (Å²) in [6.07, 6.45) is 1.84. The summed E-state index contributed by atoms with van der Waals surface area (Å²) in [6.45, 7) is 3.06. The molecule has 2 heterocycles. The highest BCUT2D eigenvalue weighted by molar-refractivity contribution is 5.78. The van der Waals surface area contributed by atoms with E-state index < -0.39 is 0 Å². The molecule has 3 aromatic rings. The summed E-state index contributed by atoms with van der Waals surface area (Å²) < 4.78 is 10.5. The van der Waals surface area contributed by atoms with Crippen LogP contribution in [0.5, 0.6) is 5.75 Å². The SMILES string of the molecule is COCCOc1ccc(-c2cnc3nc(C)[nH]c3c2)cc1. The Bertz CT molecular complexity index is 735. The second-order valence-electron chi connectivity index (χ2n) is 4.78. The Kier molecular flexibility index (Phi) is 3.83. The van der Waals surface area contributed by atoms with Gasteiger partial charge in [0.15, 0.2) is 5.65 Å². The molecule has 0 aliphatic heterocycles. The molecule has 1 N–H and O–H groups in total. The maximum Gasteiger partial charge on any atom is 0.177 e. The monoisotopic (exact) mass is 283 g/mol. The van der Waals surface area contributed by atoms with Gasteiger partial charge in [0, 0.05) is 18.9 Å². The Hall–Kier alpha value is -2.40. The number of imidazole rings is 1. The van der Waals surface area contributed by atoms with Gasteiger partial charge in [-0.3, -0.25) is 0 Å². The van der Waals surface area contributed by atoms with Crippen LogP contribution in [0.25, 0.3) is 22.3 Å². The van der Waals surface area contributed by atoms with Crippen molar-refractivity contribution in [3.05, 3.63) is 42.4 Å². The van der Waals surface area contributed by atoms with Crippen molar-refractivity contribution in [1.82, 2.24) is 15.0 Å². The first-order valence-corrected chi connectivity index (χ1v) is 6.81. The van der Waals surface area contributed by atoms with Crippen molar-refractivity contribution in [2.24, 2.45) is 0 Å². The van der Waals surface area contributed by atoms with Crippen LogP contribution in [-0.4, -0.2) is 35.3 Å². The lowest BCUT2D eigenvalue weighted by Gasteiger charge is -2.06. The van der Waals surface area contributed by atoms with Crippen molar-refractivity contribution in [3.63, 3.8) is 0 Å². The van der Waals surface area contributed by atoms with Crippen LogP contribution in [0.3, 0.4) is 0 Å². The van der Waals surface area contributed by atoms with Gasteiger partial charge in [0.05, 0.1) is 12.1 Å². The minimum absolute atomic E-state index is 0.552. The number of rotatable bonds is 5. The number of hydrogen-bond acceptors (Lipinski definition) is 4. The number of ether oxygens (including phenoxy) is 2. The molecule has 0 saturated heterocycles. The minimum atomic E-state index is 0.552. The number of H-pyrrole nitrogens is 1. The zero-order chi connectivity index (χ0) is 14.7. The zero-order valence-corrected chi connectivity index (χ0v) is 12.1. The molecule has 2 aromatic heterocycles. The van der Waals surface area contributed by atoms with E-state index in [1.54, 1.807) is 7.11 Å². The van der Waals surface area contributed by atoms with Crippen LogP contribution in [0.15, 0.2) is 36.5 Å². The Morgan fingerprint density at radius 2 is 1.90 bits per heavy atom. The molecular weight excluding hydrogens is 266 g/mol. The van der Waals surface area contributed by atoms with E-state index in [2.05, 4.69) is 21.0 Å². The molecule has 0 aliphatic rings. The molecule has 1 aromatic carbocycles. The fourth-order valence-corrected chi connectivity index (χ4v) is 2.16. The third-order valence-electron chi connectivity index (χ3n) is 3.20. The van der Waals surface area contributed by atoms with E-state index in [0.29, 0.717) is 13.2 Å². The molecule has 0 radical (unpaired) electrons. The maximum atomic E-state index is 5.55. The summed E-state index contributed by atoms with van der Waals surface area (Å²) in [6, 6.07) is 10.0. The van der Waals surface area contributed by atoms with Gasteiger partial charge in [0.2, 0.25) is 0 Å². The first-order chi connectivity index (χ1) is 10.3. The number of fused-ring (bicyclic) bond motifs is 1. The largest absolute Gasteiger partial charge is 0.491 e. The normalized spacial score (nSPS) is 11.0. The van der Waals surface area contributed by atoms with Gasteiger partial charge in [-0.05, 0) is 30.7 Å². The first kappa shape index (κ1) is 13.6. The third-order valence-corrected chi connectivity index (χ3v) is 3.20. The molecule has 5 heteroatoms. The standard InChI is InChI=1S/C16H17N3O2/c1-11-18-15-9-13(10-17-16(15)19-11)12-3-5-14(6-4-12)21-8-7-20-2/h3-6,9-10H,7-8H2,1-2H3,(H,17,18,19). The Balaban J connectivity index is 1.81. The zero-order valence-electron chi connectivity index (χ0n) is 12.1. The van der Waals surface area contributed by atoms with E-state index in [9.17, 15) is 0 Å². The number of aromatic nitrogens is 3. The van der Waals surface area contributed by atoms with Crippen LogP contribution in [0, 0.1) is 6.92 Å². The van der Waals surface area contributed by atoms with Crippen LogP contribution >= 0.6 is 0 Å². The van der Waals surface area contributed by atoms with Crippen molar-refractivity contribution < 1.29 is 9.47 Å². The predicted molar refractivity (Wildman–Crippen MR) is 81.4 cm³/mol. The number of aromatic amines is 1. The van der Waals surface area contributed by atoms with Crippen molar-refractivity contribution in [2.75, 3.05) is 20.3 Å². The van der Waals surface area contributed by atoms with Crippen molar-refractivity contribution in [2.45, 2.75) is 6.92 Å². The summed E-state index contributed by atoms with van der Waals surface area (Å²) in [5.74, 6) is 1.71. The van der Waals surface area contributed by atoms with Crippen LogP contribution in [-0.2, 0) is 4.74 Å². The maximum absolute atomic E-state index is 5.55. The van der Waals surface area contributed by atoms with Gasteiger partial charge in [-0.25, -0.2) is 9.97 Å². The van der Waals surface area contributed by atoms with Gasteiger partial charge < -0.3 is 14.5 Å². The lowest BCUT2D eigenvalue weighted by atomic mass is 10.1. The van der Waals surface area contributed by atoms with Crippen LogP contribution in [0.2, 0.25) is 0 Å². The van der Waals surface area contributed by atoms with Crippen LogP contribution in [0.4, 0.5) is 0 Å². The van der Waals surface area contributed by atoms with E-state index >= 15 is 0 Å². The number of methoxy groups -OCH3 is 1. The molecule has 3 rings (SSSR count). The molecule has 0 unspecified atom stereocenters. The molecule has 0 spiro atoms. The molecule has 108 valence electrons. The topological polar surface area (TPSA) is 60.0 Å². The van der Waals surface area contributed by atoms with Crippen molar-refractivity contribution in [1.29, 1.82) is 0 Å². The smallest absolute Gasteiger partial charge is 0.177 e. The highest BCUT2D eigenvalue weighted by Gasteiger charge is 2.04. The van der Waals surface area contributed by atoms with Gasteiger partial charge in [-0.2, -0.15) is 0 Å². The summed E-state index contributed by atoms with van der Waals surface area (Å²) in [7, 11) is 1.66. The molecule has 5 nitrogen and oxygen atoms in total. The number of pyridine rings is 1. The first-order valence-electron chi connectivity index (χ1n) is 6.81. The Labute approximate surface area is 123 Å². The highest BCUT2D eigenvalue weighted by atomic mass is 16.5. The van der Waals surface area contributed by atoms with E-state index in [0.717, 1.165) is 33.9 Å². The fraction of sp³-hybridized carbons (Fsp3) is 0.250. The minimum Gasteiger partial charge on any atom is -0.491 e. The lowest BCUT2D eigenvalue weighted by molar-refractivity contribution is 0.146. The average Bonchev–Trinajstić information content (AvgIpc) is 2.87. The lowest BCUT2D eigenvalue weighted by Crippen LogP contribution is -2.03. The molecule has 0 atom stereocenters. The predicted octanol–water partition coefficient (Wildman–Crippen LogP) is 2.96. The van der Waals surface area contributed by atoms with E-state index in [-0.39, 0.29) is 0 Å². The number of nitrogens with one attached hydrogen (secondary N) is 1. The van der Waals surface area contributed by atoms with Gasteiger partial charge in [-0.1, -0.05) is 12.1 Å². The van der Waals surface area contributed by atoms with E-state index in [1.165, 1.54) is 0 Å². The number of benzene rings is 1. The fourth-order valence-electron chi connectivity index (χ4n) is 2.16. The quantitative estimate of drug-likeness (QED) is 0.731. The molecule has 0 saturated carbocycles. The molecule has 0 aliphatic carbocycles. The molecule has 0 bridgehead atoms. The summed E-state index contributed by atoms with van der Waals surface area (Å²) in [5, 5.41) is 0. The number of aryl methyl sites for hydroxylation is 1. The van der Waals surface area contributed by atoms with Crippen LogP contribution in [0.1, 0.15) is 5.82 Å². The van der Waals surface area contributed by atoms with Gasteiger partial charge in [0.1, 0.15) is 18.2 Å². The summed E-state index contributed by atoms with van der Waals surface area (Å²) in [4.78, 5) is 11.9. The molecule has 21 heavy (non-hydrogen) atoms. The summed E-state index contributed by atoms with van der Waals surface area (Å²) in [5.41, 5.74) is 3.84. The third kappa shape index (κ3) is 3.03. The summed E-state index contributed by atoms with van der Waals surface area (Å²) >= 11 is 0. The Morgan fingerprint density at radius 1 is 1.10 bits per heavy atom. The number of hydrogen-bond donors (Lipinski definition) is 1. The van der Waals surface area contributed by atoms with Gasteiger partial charge >= 0.3 is 0 Å².